The van der Waals surface area contributed by atoms with E-state index in [1.165, 1.54) is 6.33 Å². The molecule has 1 unspecified atom stereocenters. The van der Waals surface area contributed by atoms with Gasteiger partial charge in [-0.05, 0) is 26.0 Å². The number of aromatic nitrogens is 2. The molecule has 0 aliphatic rings. The molecule has 2 aromatic heterocycles. The zero-order chi connectivity index (χ0) is 13.8. The minimum absolute atomic E-state index is 0.0118. The van der Waals surface area contributed by atoms with Crippen LogP contribution in [0, 0.1) is 6.92 Å². The van der Waals surface area contributed by atoms with Crippen LogP contribution in [0.25, 0.3) is 0 Å². The quantitative estimate of drug-likeness (QED) is 0.863. The maximum absolute atomic E-state index is 5.59. The number of methoxy groups -OCH3 is 1. The summed E-state index contributed by atoms with van der Waals surface area (Å²) in [5.74, 6) is 3.59. The largest absolute Gasteiger partial charge is 0.490 e. The van der Waals surface area contributed by atoms with E-state index in [4.69, 9.17) is 9.15 Å². The molecule has 2 aromatic rings. The minimum atomic E-state index is -0.0118. The lowest BCUT2D eigenvalue weighted by molar-refractivity contribution is 0.413. The predicted octanol–water partition coefficient (Wildman–Crippen LogP) is 2.60. The average molecular weight is 262 g/mol. The Morgan fingerprint density at radius 3 is 2.58 bits per heavy atom. The highest BCUT2D eigenvalue weighted by molar-refractivity contribution is 5.63. The zero-order valence-electron chi connectivity index (χ0n) is 11.5. The van der Waals surface area contributed by atoms with E-state index in [0.29, 0.717) is 17.4 Å². The lowest BCUT2D eigenvalue weighted by Gasteiger charge is -2.16. The Balaban J connectivity index is 2.23. The number of ether oxygens (including phenoxy) is 1. The number of nitrogens with zero attached hydrogens (tertiary/aromatic N) is 2. The number of hydrogen-bond acceptors (Lipinski definition) is 6. The number of aryl methyl sites for hydroxylation is 1. The monoisotopic (exact) mass is 262 g/mol. The fourth-order valence-corrected chi connectivity index (χ4v) is 1.81. The molecule has 0 aliphatic carbocycles. The summed E-state index contributed by atoms with van der Waals surface area (Å²) < 4.78 is 10.9. The van der Waals surface area contributed by atoms with Crippen molar-refractivity contribution in [1.29, 1.82) is 0 Å². The van der Waals surface area contributed by atoms with Crippen molar-refractivity contribution in [3.63, 3.8) is 0 Å². The second-order valence-electron chi connectivity index (χ2n) is 4.17. The molecule has 0 bridgehead atoms. The third-order valence-electron chi connectivity index (χ3n) is 2.79. The van der Waals surface area contributed by atoms with Crippen molar-refractivity contribution in [2.45, 2.75) is 19.9 Å². The van der Waals surface area contributed by atoms with Crippen LogP contribution in [0.5, 0.6) is 5.75 Å². The third-order valence-corrected chi connectivity index (χ3v) is 2.79. The van der Waals surface area contributed by atoms with Crippen molar-refractivity contribution in [3.05, 3.63) is 30.0 Å². The maximum atomic E-state index is 5.59. The fourth-order valence-electron chi connectivity index (χ4n) is 1.81. The van der Waals surface area contributed by atoms with Crippen molar-refractivity contribution < 1.29 is 9.15 Å². The second kappa shape index (κ2) is 5.60. The lowest BCUT2D eigenvalue weighted by atomic mass is 10.2. The van der Waals surface area contributed by atoms with Gasteiger partial charge in [-0.3, -0.25) is 0 Å². The molecule has 0 radical (unpaired) electrons. The van der Waals surface area contributed by atoms with Crippen molar-refractivity contribution in [1.82, 2.24) is 9.97 Å². The van der Waals surface area contributed by atoms with Crippen molar-refractivity contribution in [3.8, 4) is 5.75 Å². The molecule has 1 atom stereocenters. The van der Waals surface area contributed by atoms with Crippen molar-refractivity contribution >= 4 is 11.6 Å². The Kier molecular flexibility index (Phi) is 3.89. The standard InChI is InChI=1S/C13H18N4O2/c1-8-5-6-10(19-8)9(2)17-13-11(18-4)12(14-3)15-7-16-13/h5-7,9H,1-4H3,(H2,14,15,16,17). The van der Waals surface area contributed by atoms with Crippen molar-refractivity contribution in [2.24, 2.45) is 0 Å². The van der Waals surface area contributed by atoms with Gasteiger partial charge in [0.25, 0.3) is 0 Å². The van der Waals surface area contributed by atoms with E-state index in [2.05, 4.69) is 20.6 Å². The number of furan rings is 1. The van der Waals surface area contributed by atoms with Crippen LogP contribution in [-0.2, 0) is 0 Å². The first kappa shape index (κ1) is 13.2. The lowest BCUT2D eigenvalue weighted by Crippen LogP contribution is -2.10. The Bertz CT molecular complexity index is 553. The molecule has 6 nitrogen and oxygen atoms in total. The first-order valence-electron chi connectivity index (χ1n) is 6.05. The van der Waals surface area contributed by atoms with Gasteiger partial charge in [-0.1, -0.05) is 0 Å². The van der Waals surface area contributed by atoms with E-state index < -0.39 is 0 Å². The summed E-state index contributed by atoms with van der Waals surface area (Å²) in [5, 5.41) is 6.22. The molecular weight excluding hydrogens is 244 g/mol. The van der Waals surface area contributed by atoms with Crippen LogP contribution in [-0.4, -0.2) is 24.1 Å². The number of hydrogen-bond donors (Lipinski definition) is 2. The molecule has 0 aliphatic heterocycles. The molecule has 0 spiro atoms. The van der Waals surface area contributed by atoms with Crippen LogP contribution in [0.1, 0.15) is 24.5 Å². The SMILES string of the molecule is CNc1ncnc(NC(C)c2ccc(C)o2)c1OC. The first-order chi connectivity index (χ1) is 9.15. The van der Waals surface area contributed by atoms with Crippen LogP contribution in [0.4, 0.5) is 11.6 Å². The van der Waals surface area contributed by atoms with E-state index in [9.17, 15) is 0 Å². The summed E-state index contributed by atoms with van der Waals surface area (Å²) in [4.78, 5) is 8.30. The van der Waals surface area contributed by atoms with Crippen LogP contribution in [0.2, 0.25) is 0 Å². The third kappa shape index (κ3) is 2.78. The molecule has 2 rings (SSSR count). The Morgan fingerprint density at radius 1 is 1.26 bits per heavy atom. The Morgan fingerprint density at radius 2 is 2.00 bits per heavy atom. The summed E-state index contributed by atoms with van der Waals surface area (Å²) in [6, 6.07) is 3.87. The molecular formula is C13H18N4O2. The highest BCUT2D eigenvalue weighted by Gasteiger charge is 2.15. The van der Waals surface area contributed by atoms with E-state index in [-0.39, 0.29) is 6.04 Å². The summed E-state index contributed by atoms with van der Waals surface area (Å²) >= 11 is 0. The van der Waals surface area contributed by atoms with Gasteiger partial charge in [0.1, 0.15) is 17.8 Å². The van der Waals surface area contributed by atoms with Crippen molar-refractivity contribution in [2.75, 3.05) is 24.8 Å². The predicted molar refractivity (Wildman–Crippen MR) is 73.6 cm³/mol. The molecule has 0 amide bonds. The van der Waals surface area contributed by atoms with E-state index in [1.807, 2.05) is 26.0 Å². The van der Waals surface area contributed by atoms with Gasteiger partial charge in [-0.25, -0.2) is 9.97 Å². The van der Waals surface area contributed by atoms with E-state index in [0.717, 1.165) is 11.5 Å². The molecule has 6 heteroatoms. The normalized spacial score (nSPS) is 12.0. The van der Waals surface area contributed by atoms with Crippen LogP contribution in [0.15, 0.2) is 22.9 Å². The van der Waals surface area contributed by atoms with Gasteiger partial charge >= 0.3 is 0 Å². The summed E-state index contributed by atoms with van der Waals surface area (Å²) in [6.07, 6.45) is 1.48. The summed E-state index contributed by atoms with van der Waals surface area (Å²) in [5.41, 5.74) is 0. The average Bonchev–Trinajstić information content (AvgIpc) is 2.85. The highest BCUT2D eigenvalue weighted by Crippen LogP contribution is 2.31. The molecule has 0 fully saturated rings. The maximum Gasteiger partial charge on any atom is 0.204 e. The smallest absolute Gasteiger partial charge is 0.204 e. The number of nitrogens with one attached hydrogen (secondary N) is 2. The van der Waals surface area contributed by atoms with Gasteiger partial charge in [-0.15, -0.1) is 0 Å². The number of rotatable bonds is 5. The summed E-state index contributed by atoms with van der Waals surface area (Å²) in [6.45, 7) is 3.92. The minimum Gasteiger partial charge on any atom is -0.490 e. The zero-order valence-corrected chi connectivity index (χ0v) is 11.5. The molecule has 0 saturated heterocycles. The van der Waals surface area contributed by atoms with Gasteiger partial charge in [-0.2, -0.15) is 0 Å². The van der Waals surface area contributed by atoms with Gasteiger partial charge in [0.2, 0.25) is 5.75 Å². The second-order valence-corrected chi connectivity index (χ2v) is 4.17. The molecule has 2 heterocycles. The summed E-state index contributed by atoms with van der Waals surface area (Å²) in [7, 11) is 3.38. The molecule has 0 aromatic carbocycles. The topological polar surface area (TPSA) is 72.2 Å². The highest BCUT2D eigenvalue weighted by atomic mass is 16.5. The molecule has 102 valence electrons. The van der Waals surface area contributed by atoms with E-state index >= 15 is 0 Å². The van der Waals surface area contributed by atoms with Gasteiger partial charge in [0.15, 0.2) is 11.6 Å². The molecule has 0 saturated carbocycles. The molecule has 19 heavy (non-hydrogen) atoms. The van der Waals surface area contributed by atoms with Crippen LogP contribution >= 0.6 is 0 Å². The van der Waals surface area contributed by atoms with Crippen LogP contribution in [0.3, 0.4) is 0 Å². The Labute approximate surface area is 112 Å². The first-order valence-corrected chi connectivity index (χ1v) is 6.05. The fraction of sp³-hybridized carbons (Fsp3) is 0.385. The van der Waals surface area contributed by atoms with Gasteiger partial charge < -0.3 is 19.8 Å². The van der Waals surface area contributed by atoms with Crippen LogP contribution < -0.4 is 15.4 Å². The number of anilines is 2. The molecule has 2 N–H and O–H groups in total. The Hall–Kier alpha value is -2.24. The van der Waals surface area contributed by atoms with Gasteiger partial charge in [0.05, 0.1) is 13.2 Å². The van der Waals surface area contributed by atoms with E-state index in [1.54, 1.807) is 14.2 Å². The van der Waals surface area contributed by atoms with Gasteiger partial charge in [0, 0.05) is 7.05 Å².